The largest absolute Gasteiger partial charge is 0.339 e. The van der Waals surface area contributed by atoms with E-state index in [1.54, 1.807) is 11.3 Å². The van der Waals surface area contributed by atoms with Crippen LogP contribution < -0.4 is 0 Å². The van der Waals surface area contributed by atoms with Gasteiger partial charge in [-0.3, -0.25) is 0 Å². The van der Waals surface area contributed by atoms with Crippen LogP contribution in [0.2, 0.25) is 0 Å². The highest BCUT2D eigenvalue weighted by molar-refractivity contribution is 7.09. The Labute approximate surface area is 96.3 Å². The van der Waals surface area contributed by atoms with Crippen LogP contribution in [0.4, 0.5) is 0 Å². The molecule has 15 heavy (non-hydrogen) atoms. The van der Waals surface area contributed by atoms with Crippen molar-refractivity contribution >= 4 is 22.9 Å². The van der Waals surface area contributed by atoms with Crippen molar-refractivity contribution in [3.05, 3.63) is 27.8 Å². The summed E-state index contributed by atoms with van der Waals surface area (Å²) in [6.07, 6.45) is 1.25. The van der Waals surface area contributed by atoms with Crippen LogP contribution in [0, 0.1) is 6.92 Å². The fourth-order valence-corrected chi connectivity index (χ4v) is 2.09. The third-order valence-electron chi connectivity index (χ3n) is 1.79. The van der Waals surface area contributed by atoms with Crippen LogP contribution in [0.25, 0.3) is 0 Å². The van der Waals surface area contributed by atoms with Crippen molar-refractivity contribution in [1.82, 2.24) is 15.1 Å². The summed E-state index contributed by atoms with van der Waals surface area (Å²) >= 11 is 7.18. The molecule has 6 heteroatoms. The molecule has 2 heterocycles. The Kier molecular flexibility index (Phi) is 3.33. The van der Waals surface area contributed by atoms with Gasteiger partial charge in [-0.15, -0.1) is 22.9 Å². The van der Waals surface area contributed by atoms with Crippen molar-refractivity contribution in [2.75, 3.05) is 5.88 Å². The lowest BCUT2D eigenvalue weighted by atomic mass is 10.4. The topological polar surface area (TPSA) is 51.8 Å². The summed E-state index contributed by atoms with van der Waals surface area (Å²) < 4.78 is 5.02. The molecule has 0 aliphatic carbocycles. The molecule has 2 aromatic heterocycles. The van der Waals surface area contributed by atoms with Crippen LogP contribution in [0.1, 0.15) is 22.4 Å². The quantitative estimate of drug-likeness (QED) is 0.773. The minimum atomic E-state index is 0.498. The molecule has 0 saturated heterocycles. The number of hydrogen-bond donors (Lipinski definition) is 0. The Morgan fingerprint density at radius 3 is 3.00 bits per heavy atom. The fraction of sp³-hybridized carbons (Fsp3) is 0.444. The smallest absolute Gasteiger partial charge is 0.227 e. The molecule has 0 N–H and O–H groups in total. The summed E-state index contributed by atoms with van der Waals surface area (Å²) in [7, 11) is 0. The molecule has 0 aromatic carbocycles. The molecule has 2 aromatic rings. The van der Waals surface area contributed by atoms with Crippen molar-refractivity contribution < 1.29 is 4.52 Å². The van der Waals surface area contributed by atoms with Crippen LogP contribution in [0.5, 0.6) is 0 Å². The third-order valence-corrected chi connectivity index (χ3v) is 2.95. The number of thiazole rings is 1. The number of alkyl halides is 1. The molecule has 0 saturated carbocycles. The minimum absolute atomic E-state index is 0.498. The zero-order valence-electron chi connectivity index (χ0n) is 8.23. The molecule has 0 aliphatic heterocycles. The predicted octanol–water partition coefficient (Wildman–Crippen LogP) is 2.21. The number of nitrogens with zero attached hydrogens (tertiary/aromatic N) is 3. The van der Waals surface area contributed by atoms with Gasteiger partial charge in [0, 0.05) is 23.4 Å². The van der Waals surface area contributed by atoms with E-state index in [9.17, 15) is 0 Å². The average Bonchev–Trinajstić information content (AvgIpc) is 2.78. The number of aryl methyl sites for hydroxylation is 2. The molecular weight excluding hydrogens is 234 g/mol. The Bertz CT molecular complexity index is 440. The maximum Gasteiger partial charge on any atom is 0.227 e. The zero-order valence-corrected chi connectivity index (χ0v) is 9.81. The van der Waals surface area contributed by atoms with Gasteiger partial charge in [0.25, 0.3) is 0 Å². The Hall–Kier alpha value is -0.940. The van der Waals surface area contributed by atoms with Crippen LogP contribution >= 0.6 is 22.9 Å². The van der Waals surface area contributed by atoms with E-state index in [2.05, 4.69) is 15.1 Å². The van der Waals surface area contributed by atoms with Gasteiger partial charge in [-0.05, 0) is 6.92 Å². The molecule has 80 valence electrons. The lowest BCUT2D eigenvalue weighted by Crippen LogP contribution is -1.91. The van der Waals surface area contributed by atoms with E-state index < -0.39 is 0 Å². The normalized spacial score (nSPS) is 10.8. The van der Waals surface area contributed by atoms with Gasteiger partial charge < -0.3 is 4.52 Å². The third kappa shape index (κ3) is 2.76. The van der Waals surface area contributed by atoms with Gasteiger partial charge >= 0.3 is 0 Å². The maximum atomic E-state index is 5.57. The summed E-state index contributed by atoms with van der Waals surface area (Å²) in [5.41, 5.74) is 1.03. The Morgan fingerprint density at radius 1 is 1.47 bits per heavy atom. The van der Waals surface area contributed by atoms with Crippen LogP contribution in [0.15, 0.2) is 9.90 Å². The van der Waals surface area contributed by atoms with E-state index in [4.69, 9.17) is 16.1 Å². The SMILES string of the molecule is Cc1csc(Cc2noc(CCCl)n2)n1. The van der Waals surface area contributed by atoms with Crippen LogP contribution in [0.3, 0.4) is 0 Å². The second-order valence-corrected chi connectivity index (χ2v) is 4.42. The molecule has 0 aliphatic rings. The number of halogens is 1. The highest BCUT2D eigenvalue weighted by Gasteiger charge is 2.08. The van der Waals surface area contributed by atoms with E-state index in [0.717, 1.165) is 10.7 Å². The average molecular weight is 244 g/mol. The summed E-state index contributed by atoms with van der Waals surface area (Å²) in [4.78, 5) is 8.54. The second kappa shape index (κ2) is 4.72. The lowest BCUT2D eigenvalue weighted by molar-refractivity contribution is 0.378. The van der Waals surface area contributed by atoms with E-state index >= 15 is 0 Å². The van der Waals surface area contributed by atoms with Crippen molar-refractivity contribution in [1.29, 1.82) is 0 Å². The summed E-state index contributed by atoms with van der Waals surface area (Å²) in [5.74, 6) is 1.76. The molecule has 0 amide bonds. The molecule has 0 spiro atoms. The van der Waals surface area contributed by atoms with Gasteiger partial charge in [-0.2, -0.15) is 4.98 Å². The van der Waals surface area contributed by atoms with Gasteiger partial charge in [-0.25, -0.2) is 4.98 Å². The highest BCUT2D eigenvalue weighted by Crippen LogP contribution is 2.12. The van der Waals surface area contributed by atoms with Gasteiger partial charge in [0.15, 0.2) is 5.82 Å². The van der Waals surface area contributed by atoms with Gasteiger partial charge in [-0.1, -0.05) is 5.16 Å². The lowest BCUT2D eigenvalue weighted by Gasteiger charge is -1.87. The highest BCUT2D eigenvalue weighted by atomic mass is 35.5. The van der Waals surface area contributed by atoms with Gasteiger partial charge in [0.05, 0.1) is 6.42 Å². The molecule has 0 bridgehead atoms. The number of aromatic nitrogens is 3. The second-order valence-electron chi connectivity index (χ2n) is 3.10. The van der Waals surface area contributed by atoms with Crippen molar-refractivity contribution in [3.63, 3.8) is 0 Å². The minimum Gasteiger partial charge on any atom is -0.339 e. The molecule has 0 fully saturated rings. The first kappa shape index (κ1) is 10.6. The molecule has 0 radical (unpaired) electrons. The van der Waals surface area contributed by atoms with Crippen molar-refractivity contribution in [2.24, 2.45) is 0 Å². The first-order valence-corrected chi connectivity index (χ1v) is 5.98. The van der Waals surface area contributed by atoms with E-state index in [0.29, 0.717) is 30.4 Å². The molecule has 4 nitrogen and oxygen atoms in total. The van der Waals surface area contributed by atoms with Gasteiger partial charge in [0.2, 0.25) is 5.89 Å². The van der Waals surface area contributed by atoms with Crippen molar-refractivity contribution in [3.8, 4) is 0 Å². The number of rotatable bonds is 4. The standard InChI is InChI=1S/C9H10ClN3OS/c1-6-5-15-9(11-6)4-7-12-8(2-3-10)14-13-7/h5H,2-4H2,1H3. The molecule has 0 atom stereocenters. The zero-order chi connectivity index (χ0) is 10.7. The Morgan fingerprint density at radius 2 is 2.33 bits per heavy atom. The first-order valence-electron chi connectivity index (χ1n) is 4.56. The maximum absolute atomic E-state index is 5.57. The molecule has 0 unspecified atom stereocenters. The van der Waals surface area contributed by atoms with E-state index in [1.165, 1.54) is 0 Å². The Balaban J connectivity index is 2.04. The fourth-order valence-electron chi connectivity index (χ4n) is 1.16. The summed E-state index contributed by atoms with van der Waals surface area (Å²) in [6, 6.07) is 0. The first-order chi connectivity index (χ1) is 7.28. The number of hydrogen-bond acceptors (Lipinski definition) is 5. The monoisotopic (exact) mass is 243 g/mol. The van der Waals surface area contributed by atoms with Crippen LogP contribution in [-0.4, -0.2) is 21.0 Å². The predicted molar refractivity (Wildman–Crippen MR) is 58.4 cm³/mol. The molecule has 2 rings (SSSR count). The summed E-state index contributed by atoms with van der Waals surface area (Å²) in [5, 5.41) is 6.88. The van der Waals surface area contributed by atoms with E-state index in [1.807, 2.05) is 12.3 Å². The van der Waals surface area contributed by atoms with Gasteiger partial charge in [0.1, 0.15) is 5.01 Å². The van der Waals surface area contributed by atoms with E-state index in [-0.39, 0.29) is 0 Å². The summed E-state index contributed by atoms with van der Waals surface area (Å²) in [6.45, 7) is 1.97. The molecular formula is C9H10ClN3OS. The van der Waals surface area contributed by atoms with Crippen LogP contribution in [-0.2, 0) is 12.8 Å². The van der Waals surface area contributed by atoms with Crippen molar-refractivity contribution in [2.45, 2.75) is 19.8 Å².